The van der Waals surface area contributed by atoms with Gasteiger partial charge in [0.1, 0.15) is 12.4 Å². The third-order valence-corrected chi connectivity index (χ3v) is 1.72. The molecule has 1 unspecified atom stereocenters. The summed E-state index contributed by atoms with van der Waals surface area (Å²) in [5, 5.41) is 2.60. The number of nitrogens with zero attached hydrogens (tertiary/aromatic N) is 1. The molecule has 5 heteroatoms. The highest BCUT2D eigenvalue weighted by Crippen LogP contribution is 2.07. The Morgan fingerprint density at radius 3 is 3.07 bits per heavy atom. The Hall–Kier alpha value is -1.62. The number of aromatic nitrogens is 1. The Morgan fingerprint density at radius 1 is 1.79 bits per heavy atom. The first kappa shape index (κ1) is 10.5. The van der Waals surface area contributed by atoms with Crippen molar-refractivity contribution in [2.75, 3.05) is 12.8 Å². The van der Waals surface area contributed by atoms with Gasteiger partial charge in [0.2, 0.25) is 0 Å². The predicted molar refractivity (Wildman–Crippen MR) is 51.4 cm³/mol. The van der Waals surface area contributed by atoms with Gasteiger partial charge in [-0.15, -0.1) is 0 Å². The van der Waals surface area contributed by atoms with Crippen molar-refractivity contribution in [1.82, 2.24) is 10.3 Å². The van der Waals surface area contributed by atoms with Crippen LogP contribution in [0.3, 0.4) is 0 Å². The Labute approximate surface area is 82.3 Å². The number of hydrogen-bond donors (Lipinski definition) is 2. The molecular weight excluding hydrogens is 182 g/mol. The van der Waals surface area contributed by atoms with Crippen molar-refractivity contribution in [3.8, 4) is 0 Å². The van der Waals surface area contributed by atoms with Crippen LogP contribution < -0.4 is 11.1 Å². The van der Waals surface area contributed by atoms with Crippen LogP contribution in [0, 0.1) is 6.20 Å². The highest BCUT2D eigenvalue weighted by molar-refractivity contribution is 5.98. The molecule has 14 heavy (non-hydrogen) atoms. The molecule has 0 spiro atoms. The van der Waals surface area contributed by atoms with Gasteiger partial charge in [-0.25, -0.2) is 0 Å². The first-order valence-corrected chi connectivity index (χ1v) is 4.11. The van der Waals surface area contributed by atoms with Crippen molar-refractivity contribution in [1.29, 1.82) is 0 Å². The van der Waals surface area contributed by atoms with E-state index in [0.29, 0.717) is 5.56 Å². The number of anilines is 1. The number of carbonyl (C=O) groups is 1. The minimum absolute atomic E-state index is 0.230. The lowest BCUT2D eigenvalue weighted by Crippen LogP contribution is -2.34. The zero-order valence-electron chi connectivity index (χ0n) is 8.07. The maximum atomic E-state index is 11.5. The molecule has 1 amide bonds. The Morgan fingerprint density at radius 2 is 2.50 bits per heavy atom. The molecule has 1 radical (unpaired) electrons. The van der Waals surface area contributed by atoms with Crippen LogP contribution in [0.25, 0.3) is 0 Å². The van der Waals surface area contributed by atoms with Gasteiger partial charge in [0.05, 0.1) is 11.3 Å². The number of amides is 1. The SMILES string of the molecule is COC(C)NC(=O)c1ccn[c]c1N. The minimum atomic E-state index is -0.352. The predicted octanol–water partition coefficient (Wildman–Crippen LogP) is 0.186. The van der Waals surface area contributed by atoms with E-state index in [0.717, 1.165) is 0 Å². The Bertz CT molecular complexity index is 328. The van der Waals surface area contributed by atoms with E-state index >= 15 is 0 Å². The molecule has 1 aromatic heterocycles. The minimum Gasteiger partial charge on any atom is -0.396 e. The van der Waals surface area contributed by atoms with E-state index in [4.69, 9.17) is 10.5 Å². The topological polar surface area (TPSA) is 77.2 Å². The third-order valence-electron chi connectivity index (χ3n) is 1.72. The van der Waals surface area contributed by atoms with Crippen LogP contribution in [0.15, 0.2) is 12.3 Å². The highest BCUT2D eigenvalue weighted by Gasteiger charge is 2.11. The summed E-state index contributed by atoms with van der Waals surface area (Å²) < 4.78 is 4.88. The van der Waals surface area contributed by atoms with Gasteiger partial charge in [-0.05, 0) is 13.0 Å². The maximum Gasteiger partial charge on any atom is 0.255 e. The van der Waals surface area contributed by atoms with E-state index < -0.39 is 0 Å². The van der Waals surface area contributed by atoms with Crippen molar-refractivity contribution in [2.24, 2.45) is 0 Å². The first-order chi connectivity index (χ1) is 6.65. The van der Waals surface area contributed by atoms with Gasteiger partial charge in [-0.3, -0.25) is 9.78 Å². The summed E-state index contributed by atoms with van der Waals surface area (Å²) in [7, 11) is 1.51. The third kappa shape index (κ3) is 2.43. The van der Waals surface area contributed by atoms with Gasteiger partial charge < -0.3 is 15.8 Å². The standard InChI is InChI=1S/C9H12N3O2/c1-6(14-2)12-9(13)7-3-4-11-5-8(7)10/h3-4,6H,10H2,1-2H3,(H,12,13). The molecule has 75 valence electrons. The Balaban J connectivity index is 2.75. The van der Waals surface area contributed by atoms with Gasteiger partial charge in [0.25, 0.3) is 5.91 Å². The van der Waals surface area contributed by atoms with E-state index in [2.05, 4.69) is 16.5 Å². The fourth-order valence-electron chi connectivity index (χ4n) is 0.888. The van der Waals surface area contributed by atoms with Crippen LogP contribution in [0.1, 0.15) is 17.3 Å². The number of rotatable bonds is 3. The summed E-state index contributed by atoms with van der Waals surface area (Å²) in [6.45, 7) is 1.72. The average Bonchev–Trinajstić information content (AvgIpc) is 2.18. The molecule has 0 aliphatic heterocycles. The monoisotopic (exact) mass is 194 g/mol. The molecule has 0 fully saturated rings. The molecule has 0 saturated heterocycles. The smallest absolute Gasteiger partial charge is 0.255 e. The molecular formula is C9H12N3O2. The van der Waals surface area contributed by atoms with Gasteiger partial charge in [0.15, 0.2) is 0 Å². The molecule has 0 aliphatic carbocycles. The zero-order valence-corrected chi connectivity index (χ0v) is 8.07. The number of carbonyl (C=O) groups excluding carboxylic acids is 1. The second kappa shape index (κ2) is 4.57. The fourth-order valence-corrected chi connectivity index (χ4v) is 0.888. The van der Waals surface area contributed by atoms with Crippen LogP contribution in [0.2, 0.25) is 0 Å². The average molecular weight is 194 g/mol. The quantitative estimate of drug-likeness (QED) is 0.673. The summed E-state index contributed by atoms with van der Waals surface area (Å²) in [4.78, 5) is 15.2. The fraction of sp³-hybridized carbons (Fsp3) is 0.333. The molecule has 0 bridgehead atoms. The van der Waals surface area contributed by atoms with Crippen LogP contribution in [-0.2, 0) is 4.74 Å². The summed E-state index contributed by atoms with van der Waals surface area (Å²) in [6.07, 6.45) is 3.61. The lowest BCUT2D eigenvalue weighted by Gasteiger charge is -2.12. The highest BCUT2D eigenvalue weighted by atomic mass is 16.5. The van der Waals surface area contributed by atoms with E-state index in [1.54, 1.807) is 6.92 Å². The van der Waals surface area contributed by atoms with E-state index in [-0.39, 0.29) is 17.8 Å². The number of pyridine rings is 1. The number of ether oxygens (including phenoxy) is 1. The van der Waals surface area contributed by atoms with Crippen molar-refractivity contribution in [3.63, 3.8) is 0 Å². The maximum absolute atomic E-state index is 11.5. The van der Waals surface area contributed by atoms with Crippen LogP contribution in [-0.4, -0.2) is 24.2 Å². The summed E-state index contributed by atoms with van der Waals surface area (Å²) in [6, 6.07) is 1.53. The number of nitrogens with two attached hydrogens (primary N) is 1. The molecule has 3 N–H and O–H groups in total. The lowest BCUT2D eigenvalue weighted by molar-refractivity contribution is 0.0659. The van der Waals surface area contributed by atoms with Crippen LogP contribution >= 0.6 is 0 Å². The number of nitrogen functional groups attached to an aromatic ring is 1. The summed E-state index contributed by atoms with van der Waals surface area (Å²) >= 11 is 0. The van der Waals surface area contributed by atoms with Crippen molar-refractivity contribution < 1.29 is 9.53 Å². The zero-order chi connectivity index (χ0) is 10.6. The number of methoxy groups -OCH3 is 1. The summed E-state index contributed by atoms with van der Waals surface area (Å²) in [5.41, 5.74) is 6.10. The second-order valence-corrected chi connectivity index (χ2v) is 2.74. The van der Waals surface area contributed by atoms with Gasteiger partial charge >= 0.3 is 0 Å². The van der Waals surface area contributed by atoms with Gasteiger partial charge in [-0.2, -0.15) is 0 Å². The molecule has 1 atom stereocenters. The Kier molecular flexibility index (Phi) is 3.41. The molecule has 0 aromatic carbocycles. The summed E-state index contributed by atoms with van der Waals surface area (Å²) in [5.74, 6) is -0.296. The van der Waals surface area contributed by atoms with E-state index in [1.807, 2.05) is 0 Å². The lowest BCUT2D eigenvalue weighted by atomic mass is 10.2. The first-order valence-electron chi connectivity index (χ1n) is 4.11. The van der Waals surface area contributed by atoms with Crippen LogP contribution in [0.4, 0.5) is 5.69 Å². The van der Waals surface area contributed by atoms with E-state index in [9.17, 15) is 4.79 Å². The molecule has 1 aromatic rings. The van der Waals surface area contributed by atoms with E-state index in [1.165, 1.54) is 19.4 Å². The number of hydrogen-bond acceptors (Lipinski definition) is 4. The molecule has 5 nitrogen and oxygen atoms in total. The van der Waals surface area contributed by atoms with Gasteiger partial charge in [-0.1, -0.05) is 0 Å². The largest absolute Gasteiger partial charge is 0.396 e. The molecule has 0 saturated carbocycles. The van der Waals surface area contributed by atoms with Crippen molar-refractivity contribution in [3.05, 3.63) is 24.0 Å². The van der Waals surface area contributed by atoms with Crippen molar-refractivity contribution >= 4 is 11.6 Å². The molecule has 1 rings (SSSR count). The number of nitrogens with one attached hydrogen (secondary N) is 1. The normalized spacial score (nSPS) is 12.1. The molecule has 1 heterocycles. The van der Waals surface area contributed by atoms with Gasteiger partial charge in [0, 0.05) is 13.3 Å². The molecule has 0 aliphatic rings. The van der Waals surface area contributed by atoms with Crippen LogP contribution in [0.5, 0.6) is 0 Å². The second-order valence-electron chi connectivity index (χ2n) is 2.74. The van der Waals surface area contributed by atoms with Crippen molar-refractivity contribution in [2.45, 2.75) is 13.2 Å².